The van der Waals surface area contributed by atoms with Crippen molar-refractivity contribution in [3.63, 3.8) is 0 Å². The molecule has 11 heteroatoms. The lowest BCUT2D eigenvalue weighted by molar-refractivity contribution is -0.120. The first kappa shape index (κ1) is 33.7. The Balaban J connectivity index is 1.03. The van der Waals surface area contributed by atoms with Crippen LogP contribution in [0.1, 0.15) is 46.4 Å². The predicted octanol–water partition coefficient (Wildman–Crippen LogP) is 4.54. The molecule has 48 heavy (non-hydrogen) atoms. The van der Waals surface area contributed by atoms with E-state index in [1.807, 2.05) is 78.9 Å². The number of hydrogen-bond donors (Lipinski definition) is 7. The molecule has 0 fully saturated rings. The van der Waals surface area contributed by atoms with E-state index >= 15 is 0 Å². The fraction of sp³-hybridized carbons (Fsp3) is 0.216. The molecule has 1 unspecified atom stereocenters. The highest BCUT2D eigenvalue weighted by Gasteiger charge is 2.17. The van der Waals surface area contributed by atoms with Gasteiger partial charge in [-0.2, -0.15) is 0 Å². The number of carbonyl (C=O) groups excluding carboxylic acids is 1. The molecule has 0 aliphatic carbocycles. The van der Waals surface area contributed by atoms with Crippen LogP contribution in [0.25, 0.3) is 10.9 Å². The number of carbonyl (C=O) groups is 2. The van der Waals surface area contributed by atoms with E-state index in [0.29, 0.717) is 42.8 Å². The second-order valence-corrected chi connectivity index (χ2v) is 11.4. The molecule has 2 atom stereocenters. The van der Waals surface area contributed by atoms with Gasteiger partial charge >= 0.3 is 6.09 Å². The molecular formula is C37H38N4O7. The Morgan fingerprint density at radius 3 is 2.35 bits per heavy atom. The molecule has 0 spiro atoms. The van der Waals surface area contributed by atoms with Crippen LogP contribution in [0.15, 0.2) is 108 Å². The van der Waals surface area contributed by atoms with Crippen LogP contribution in [0.2, 0.25) is 0 Å². The Morgan fingerprint density at radius 1 is 0.833 bits per heavy atom. The monoisotopic (exact) mass is 650 g/mol. The van der Waals surface area contributed by atoms with Crippen LogP contribution in [0, 0.1) is 0 Å². The highest BCUT2D eigenvalue weighted by molar-refractivity contribution is 5.87. The lowest BCUT2D eigenvalue weighted by Crippen LogP contribution is -2.29. The summed E-state index contributed by atoms with van der Waals surface area (Å²) in [5, 5.41) is 39.3. The van der Waals surface area contributed by atoms with Gasteiger partial charge in [0, 0.05) is 24.5 Å². The maximum absolute atomic E-state index is 12.5. The Hall–Kier alpha value is -5.65. The number of carboxylic acid groups (broad SMARTS) is 1. The van der Waals surface area contributed by atoms with Crippen LogP contribution >= 0.6 is 0 Å². The molecule has 5 rings (SSSR count). The molecule has 1 aromatic heterocycles. The molecule has 1 heterocycles. The van der Waals surface area contributed by atoms with E-state index in [1.165, 1.54) is 12.1 Å². The van der Waals surface area contributed by atoms with E-state index in [4.69, 9.17) is 4.74 Å². The second-order valence-electron chi connectivity index (χ2n) is 11.4. The van der Waals surface area contributed by atoms with Crippen LogP contribution in [0.4, 0.5) is 4.79 Å². The predicted molar refractivity (Wildman–Crippen MR) is 182 cm³/mol. The highest BCUT2D eigenvalue weighted by atomic mass is 16.5. The molecular weight excluding hydrogens is 612 g/mol. The summed E-state index contributed by atoms with van der Waals surface area (Å²) in [4.78, 5) is 38.1. The smallest absolute Gasteiger partial charge is 0.405 e. The van der Waals surface area contributed by atoms with Gasteiger partial charge in [-0.15, -0.1) is 0 Å². The number of phenolic OH excluding ortho intramolecular Hbond substituents is 1. The Kier molecular flexibility index (Phi) is 11.4. The van der Waals surface area contributed by atoms with Crippen LogP contribution in [0.3, 0.4) is 0 Å². The van der Waals surface area contributed by atoms with Gasteiger partial charge in [-0.25, -0.2) is 4.79 Å². The number of benzene rings is 4. The number of amides is 2. The Morgan fingerprint density at radius 2 is 1.58 bits per heavy atom. The van der Waals surface area contributed by atoms with E-state index < -0.39 is 18.2 Å². The first-order chi connectivity index (χ1) is 23.3. The largest absolute Gasteiger partial charge is 0.506 e. The number of pyridine rings is 1. The summed E-state index contributed by atoms with van der Waals surface area (Å²) in [7, 11) is 0. The van der Waals surface area contributed by atoms with Crippen molar-refractivity contribution in [3.8, 4) is 11.5 Å². The van der Waals surface area contributed by atoms with Crippen LogP contribution in [0.5, 0.6) is 11.5 Å². The van der Waals surface area contributed by atoms with Gasteiger partial charge in [-0.05, 0) is 65.0 Å². The molecule has 248 valence electrons. The number of aromatic nitrogens is 1. The number of phenols is 1. The van der Waals surface area contributed by atoms with Gasteiger partial charge in [-0.1, -0.05) is 72.8 Å². The van der Waals surface area contributed by atoms with E-state index in [0.717, 1.165) is 22.3 Å². The van der Waals surface area contributed by atoms with Gasteiger partial charge in [0.05, 0.1) is 24.1 Å². The number of aromatic amines is 1. The minimum atomic E-state index is -1.12. The lowest BCUT2D eigenvalue weighted by Gasteiger charge is -2.19. The number of aliphatic hydroxyl groups excluding tert-OH is 1. The zero-order chi connectivity index (χ0) is 33.9. The molecule has 7 N–H and O–H groups in total. The van der Waals surface area contributed by atoms with Crippen molar-refractivity contribution in [2.45, 2.75) is 31.6 Å². The maximum atomic E-state index is 12.5. The van der Waals surface area contributed by atoms with E-state index in [9.17, 15) is 29.7 Å². The summed E-state index contributed by atoms with van der Waals surface area (Å²) in [6, 6.07) is 29.8. The van der Waals surface area contributed by atoms with Crippen molar-refractivity contribution in [1.29, 1.82) is 0 Å². The van der Waals surface area contributed by atoms with Crippen molar-refractivity contribution in [2.75, 3.05) is 19.6 Å². The lowest BCUT2D eigenvalue weighted by atomic mass is 9.98. The number of aliphatic hydroxyl groups is 1. The molecule has 0 saturated carbocycles. The van der Waals surface area contributed by atoms with Gasteiger partial charge in [-0.3, -0.25) is 9.59 Å². The first-order valence-electron chi connectivity index (χ1n) is 15.6. The number of H-pyrrole nitrogens is 1. The summed E-state index contributed by atoms with van der Waals surface area (Å²) in [6.07, 6.45) is -1.06. The quantitative estimate of drug-likeness (QED) is 0.0809. The van der Waals surface area contributed by atoms with Gasteiger partial charge < -0.3 is 41.0 Å². The van der Waals surface area contributed by atoms with E-state index in [1.54, 1.807) is 12.1 Å². The second kappa shape index (κ2) is 16.3. The molecule has 5 aromatic rings. The number of aromatic hydroxyl groups is 1. The molecule has 0 aliphatic rings. The zero-order valence-corrected chi connectivity index (χ0v) is 26.2. The van der Waals surface area contributed by atoms with Crippen LogP contribution in [-0.2, 0) is 17.8 Å². The average molecular weight is 651 g/mol. The maximum Gasteiger partial charge on any atom is 0.405 e. The minimum Gasteiger partial charge on any atom is -0.506 e. The fourth-order valence-corrected chi connectivity index (χ4v) is 5.42. The first-order valence-corrected chi connectivity index (χ1v) is 15.6. The Bertz CT molecular complexity index is 1890. The Labute approximate surface area is 277 Å². The number of rotatable bonds is 15. The molecule has 11 nitrogen and oxygen atoms in total. The highest BCUT2D eigenvalue weighted by Crippen LogP contribution is 2.29. The fourth-order valence-electron chi connectivity index (χ4n) is 5.42. The number of fused-ring (bicyclic) bond motifs is 1. The van der Waals surface area contributed by atoms with Crippen molar-refractivity contribution in [2.24, 2.45) is 0 Å². The molecule has 0 bridgehead atoms. The third-order valence-corrected chi connectivity index (χ3v) is 7.84. The average Bonchev–Trinajstić information content (AvgIpc) is 3.09. The SMILES string of the molecule is O=C(O)N[C@@H](c1ccccc1)c1cccc(OCc2ccc(CC(=O)NCCCNCC(O)c3ccc(O)c4[nH]c(=O)ccc34)cc2)c1. The number of ether oxygens (including phenoxy) is 1. The normalized spacial score (nSPS) is 12.3. The summed E-state index contributed by atoms with van der Waals surface area (Å²) < 4.78 is 6.00. The van der Waals surface area contributed by atoms with Crippen molar-refractivity contribution < 1.29 is 29.6 Å². The zero-order valence-electron chi connectivity index (χ0n) is 26.2. The summed E-state index contributed by atoms with van der Waals surface area (Å²) in [6.45, 7) is 1.63. The van der Waals surface area contributed by atoms with E-state index in [-0.39, 0.29) is 35.7 Å². The molecule has 4 aromatic carbocycles. The van der Waals surface area contributed by atoms with Gasteiger partial charge in [0.1, 0.15) is 18.1 Å². The van der Waals surface area contributed by atoms with Gasteiger partial charge in [0.25, 0.3) is 0 Å². The topological polar surface area (TPSA) is 173 Å². The molecule has 0 aliphatic heterocycles. The molecule has 2 amide bonds. The van der Waals surface area contributed by atoms with Crippen molar-refractivity contribution in [3.05, 3.63) is 141 Å². The van der Waals surface area contributed by atoms with Crippen molar-refractivity contribution in [1.82, 2.24) is 20.9 Å². The molecule has 0 radical (unpaired) electrons. The summed E-state index contributed by atoms with van der Waals surface area (Å²) in [5.74, 6) is 0.458. The summed E-state index contributed by atoms with van der Waals surface area (Å²) >= 11 is 0. The van der Waals surface area contributed by atoms with Crippen LogP contribution in [-0.4, -0.2) is 51.9 Å². The third-order valence-electron chi connectivity index (χ3n) is 7.84. The minimum absolute atomic E-state index is 0.0583. The third kappa shape index (κ3) is 9.21. The molecule has 0 saturated heterocycles. The van der Waals surface area contributed by atoms with Gasteiger partial charge in [0.2, 0.25) is 11.5 Å². The summed E-state index contributed by atoms with van der Waals surface area (Å²) in [5.41, 5.74) is 3.93. The standard InChI is InChI=1S/C37H38N4O7/c42-31-16-14-29(30-15-17-33(44)40-36(30)31)32(43)22-38-18-5-19-39-34(45)20-24-10-12-25(13-11-24)23-48-28-9-4-8-27(21-28)35(41-37(46)47)26-6-2-1-3-7-26/h1-4,6-17,21,32,35,38,41-43H,5,18-20,22-23H2,(H,39,45)(H,40,44)(H,46,47)/t32?,35-/m0/s1. The van der Waals surface area contributed by atoms with E-state index in [2.05, 4.69) is 20.9 Å². The van der Waals surface area contributed by atoms with Crippen molar-refractivity contribution >= 4 is 22.9 Å². The van der Waals surface area contributed by atoms with Crippen LogP contribution < -0.4 is 26.2 Å². The number of hydrogen-bond acceptors (Lipinski definition) is 7. The van der Waals surface area contributed by atoms with Gasteiger partial charge in [0.15, 0.2) is 0 Å². The number of nitrogens with one attached hydrogen (secondary N) is 4.